The summed E-state index contributed by atoms with van der Waals surface area (Å²) in [4.78, 5) is 27.6. The van der Waals surface area contributed by atoms with Gasteiger partial charge in [-0.1, -0.05) is 41.9 Å². The summed E-state index contributed by atoms with van der Waals surface area (Å²) in [6.07, 6.45) is 3.09. The molecule has 1 atom stereocenters. The van der Waals surface area contributed by atoms with Crippen molar-refractivity contribution in [2.75, 3.05) is 18.4 Å². The number of nitrogens with zero attached hydrogens (tertiary/aromatic N) is 2. The highest BCUT2D eigenvalue weighted by atomic mass is 35.5. The number of para-hydroxylation sites is 1. The SMILES string of the molecule is O=C(Nc1ccccc1)[C@@H]1CCCN(C(=O)c2cn[nH]c2-c2ccc(Cl)cc2)C1. The van der Waals surface area contributed by atoms with E-state index in [1.54, 1.807) is 23.2 Å². The maximum Gasteiger partial charge on any atom is 0.257 e. The zero-order chi connectivity index (χ0) is 20.2. The number of hydrogen-bond acceptors (Lipinski definition) is 3. The Morgan fingerprint density at radius 3 is 2.62 bits per heavy atom. The second-order valence-corrected chi connectivity index (χ2v) is 7.55. The third kappa shape index (κ3) is 4.32. The van der Waals surface area contributed by atoms with Crippen molar-refractivity contribution < 1.29 is 9.59 Å². The number of anilines is 1. The summed E-state index contributed by atoms with van der Waals surface area (Å²) in [5.41, 5.74) is 2.76. The van der Waals surface area contributed by atoms with E-state index in [0.717, 1.165) is 24.1 Å². The Labute approximate surface area is 173 Å². The smallest absolute Gasteiger partial charge is 0.257 e. The third-order valence-electron chi connectivity index (χ3n) is 5.12. The molecule has 0 radical (unpaired) electrons. The number of amides is 2. The van der Waals surface area contributed by atoms with Crippen LogP contribution in [0.2, 0.25) is 5.02 Å². The maximum atomic E-state index is 13.2. The van der Waals surface area contributed by atoms with Crippen molar-refractivity contribution in [1.82, 2.24) is 15.1 Å². The molecule has 29 heavy (non-hydrogen) atoms. The summed E-state index contributed by atoms with van der Waals surface area (Å²) in [6.45, 7) is 1.02. The fraction of sp³-hybridized carbons (Fsp3) is 0.227. The molecule has 1 aromatic heterocycles. The molecule has 2 heterocycles. The van der Waals surface area contributed by atoms with Gasteiger partial charge >= 0.3 is 0 Å². The lowest BCUT2D eigenvalue weighted by molar-refractivity contribution is -0.121. The van der Waals surface area contributed by atoms with Crippen molar-refractivity contribution in [2.24, 2.45) is 5.92 Å². The quantitative estimate of drug-likeness (QED) is 0.678. The topological polar surface area (TPSA) is 78.1 Å². The number of rotatable bonds is 4. The molecule has 1 aliphatic rings. The highest BCUT2D eigenvalue weighted by molar-refractivity contribution is 6.30. The summed E-state index contributed by atoms with van der Waals surface area (Å²) in [6, 6.07) is 16.6. The number of hydrogen-bond donors (Lipinski definition) is 2. The first-order chi connectivity index (χ1) is 14.1. The van der Waals surface area contributed by atoms with Gasteiger partial charge in [0.15, 0.2) is 0 Å². The van der Waals surface area contributed by atoms with E-state index < -0.39 is 0 Å². The van der Waals surface area contributed by atoms with Crippen molar-refractivity contribution in [2.45, 2.75) is 12.8 Å². The molecule has 148 valence electrons. The summed E-state index contributed by atoms with van der Waals surface area (Å²) in [5.74, 6) is -0.418. The number of H-pyrrole nitrogens is 1. The molecule has 0 saturated carbocycles. The van der Waals surface area contributed by atoms with Crippen molar-refractivity contribution >= 4 is 29.1 Å². The minimum absolute atomic E-state index is 0.0566. The average molecular weight is 409 g/mol. The van der Waals surface area contributed by atoms with E-state index in [2.05, 4.69) is 15.5 Å². The van der Waals surface area contributed by atoms with Crippen LogP contribution in [0.4, 0.5) is 5.69 Å². The predicted molar refractivity (Wildman–Crippen MR) is 113 cm³/mol. The van der Waals surface area contributed by atoms with Crippen LogP contribution in [0.3, 0.4) is 0 Å². The molecule has 7 heteroatoms. The first-order valence-corrected chi connectivity index (χ1v) is 9.94. The second kappa shape index (κ2) is 8.49. The van der Waals surface area contributed by atoms with E-state index in [1.165, 1.54) is 0 Å². The average Bonchev–Trinajstić information content (AvgIpc) is 3.24. The molecule has 0 spiro atoms. The van der Waals surface area contributed by atoms with Crippen molar-refractivity contribution in [1.29, 1.82) is 0 Å². The number of halogens is 1. The van der Waals surface area contributed by atoms with Gasteiger partial charge in [0.1, 0.15) is 0 Å². The first-order valence-electron chi connectivity index (χ1n) is 9.56. The van der Waals surface area contributed by atoms with Crippen LogP contribution in [-0.4, -0.2) is 40.0 Å². The normalized spacial score (nSPS) is 16.4. The second-order valence-electron chi connectivity index (χ2n) is 7.11. The molecule has 1 aliphatic heterocycles. The molecule has 0 bridgehead atoms. The predicted octanol–water partition coefficient (Wildman–Crippen LogP) is 4.22. The van der Waals surface area contributed by atoms with Crippen molar-refractivity contribution in [3.8, 4) is 11.3 Å². The number of likely N-dealkylation sites (tertiary alicyclic amines) is 1. The number of carbonyl (C=O) groups excluding carboxylic acids is 2. The van der Waals surface area contributed by atoms with E-state index in [4.69, 9.17) is 11.6 Å². The van der Waals surface area contributed by atoms with Crippen LogP contribution in [0.1, 0.15) is 23.2 Å². The number of nitrogens with one attached hydrogen (secondary N) is 2. The van der Waals surface area contributed by atoms with Crippen LogP contribution in [0.5, 0.6) is 0 Å². The standard InChI is InChI=1S/C22H21ClN4O2/c23-17-10-8-15(9-11-17)20-19(13-24-26-20)22(29)27-12-4-5-16(14-27)21(28)25-18-6-2-1-3-7-18/h1-3,6-11,13,16H,4-5,12,14H2,(H,24,26)(H,25,28)/t16-/m1/s1. The Kier molecular flexibility index (Phi) is 5.62. The lowest BCUT2D eigenvalue weighted by Gasteiger charge is -2.32. The Bertz CT molecular complexity index is 1000. The monoisotopic (exact) mass is 408 g/mol. The minimum Gasteiger partial charge on any atom is -0.338 e. The first kappa shape index (κ1) is 19.2. The molecule has 2 N–H and O–H groups in total. The molecular weight excluding hydrogens is 388 g/mol. The molecule has 1 fully saturated rings. The van der Waals surface area contributed by atoms with Crippen LogP contribution in [0.15, 0.2) is 60.8 Å². The van der Waals surface area contributed by atoms with Crippen LogP contribution in [-0.2, 0) is 4.79 Å². The van der Waals surface area contributed by atoms with Crippen molar-refractivity contribution in [3.63, 3.8) is 0 Å². The Morgan fingerprint density at radius 2 is 1.86 bits per heavy atom. The molecule has 0 unspecified atom stereocenters. The molecule has 6 nitrogen and oxygen atoms in total. The summed E-state index contributed by atoms with van der Waals surface area (Å²) in [5, 5.41) is 10.5. The molecule has 2 aromatic carbocycles. The lowest BCUT2D eigenvalue weighted by Crippen LogP contribution is -2.43. The van der Waals surface area contributed by atoms with Gasteiger partial charge in [0, 0.05) is 29.4 Å². The van der Waals surface area contributed by atoms with Gasteiger partial charge in [-0.25, -0.2) is 0 Å². The van der Waals surface area contributed by atoms with Gasteiger partial charge < -0.3 is 10.2 Å². The maximum absolute atomic E-state index is 13.2. The molecule has 1 saturated heterocycles. The molecule has 2 amide bonds. The fourth-order valence-electron chi connectivity index (χ4n) is 3.60. The highest BCUT2D eigenvalue weighted by Gasteiger charge is 2.30. The minimum atomic E-state index is -0.237. The summed E-state index contributed by atoms with van der Waals surface area (Å²) < 4.78 is 0. The highest BCUT2D eigenvalue weighted by Crippen LogP contribution is 2.26. The largest absolute Gasteiger partial charge is 0.338 e. The molecular formula is C22H21ClN4O2. The molecule has 4 rings (SSSR count). The van der Waals surface area contributed by atoms with Gasteiger partial charge in [0.2, 0.25) is 5.91 Å². The van der Waals surface area contributed by atoms with E-state index >= 15 is 0 Å². The van der Waals surface area contributed by atoms with Crippen LogP contribution < -0.4 is 5.32 Å². The van der Waals surface area contributed by atoms with Gasteiger partial charge in [-0.3, -0.25) is 14.7 Å². The lowest BCUT2D eigenvalue weighted by atomic mass is 9.96. The van der Waals surface area contributed by atoms with Crippen LogP contribution in [0, 0.1) is 5.92 Å². The van der Waals surface area contributed by atoms with Gasteiger partial charge in [-0.15, -0.1) is 0 Å². The van der Waals surface area contributed by atoms with E-state index in [9.17, 15) is 9.59 Å². The zero-order valence-electron chi connectivity index (χ0n) is 15.8. The van der Waals surface area contributed by atoms with Gasteiger partial charge in [0.05, 0.1) is 23.4 Å². The van der Waals surface area contributed by atoms with E-state index in [0.29, 0.717) is 29.4 Å². The number of piperidine rings is 1. The van der Waals surface area contributed by atoms with Crippen molar-refractivity contribution in [3.05, 3.63) is 71.4 Å². The Balaban J connectivity index is 1.48. The van der Waals surface area contributed by atoms with E-state index in [1.807, 2.05) is 42.5 Å². The zero-order valence-corrected chi connectivity index (χ0v) is 16.5. The number of benzene rings is 2. The summed E-state index contributed by atoms with van der Waals surface area (Å²) in [7, 11) is 0. The molecule has 0 aliphatic carbocycles. The van der Waals surface area contributed by atoms with Gasteiger partial charge in [-0.05, 0) is 37.1 Å². The number of aromatic nitrogens is 2. The number of carbonyl (C=O) groups is 2. The van der Waals surface area contributed by atoms with Gasteiger partial charge in [-0.2, -0.15) is 5.10 Å². The third-order valence-corrected chi connectivity index (χ3v) is 5.38. The van der Waals surface area contributed by atoms with Gasteiger partial charge in [0.25, 0.3) is 5.91 Å². The fourth-order valence-corrected chi connectivity index (χ4v) is 3.72. The summed E-state index contributed by atoms with van der Waals surface area (Å²) >= 11 is 5.96. The number of aromatic amines is 1. The Hall–Kier alpha value is -3.12. The van der Waals surface area contributed by atoms with Crippen LogP contribution >= 0.6 is 11.6 Å². The Morgan fingerprint density at radius 1 is 1.10 bits per heavy atom. The van der Waals surface area contributed by atoms with Crippen LogP contribution in [0.25, 0.3) is 11.3 Å². The molecule has 3 aromatic rings. The van der Waals surface area contributed by atoms with E-state index in [-0.39, 0.29) is 17.7 Å².